The standard InChI is InChI=1S/C16H12ClNO2/c17-13-8-6-11(14(10-13)16(18)20)7-9-15(19)12-4-2-1-3-5-12/h1-10H,(H2,18,20)/b9-7+. The molecule has 0 saturated carbocycles. The second-order valence-corrected chi connectivity index (χ2v) is 4.60. The summed E-state index contributed by atoms with van der Waals surface area (Å²) in [6, 6.07) is 13.6. The molecule has 20 heavy (non-hydrogen) atoms. The van der Waals surface area contributed by atoms with Crippen molar-refractivity contribution >= 4 is 29.4 Å². The van der Waals surface area contributed by atoms with Gasteiger partial charge >= 0.3 is 0 Å². The molecule has 2 rings (SSSR count). The van der Waals surface area contributed by atoms with Crippen LogP contribution in [0.25, 0.3) is 6.08 Å². The third kappa shape index (κ3) is 3.33. The van der Waals surface area contributed by atoms with E-state index >= 15 is 0 Å². The van der Waals surface area contributed by atoms with Crippen LogP contribution in [-0.4, -0.2) is 11.7 Å². The monoisotopic (exact) mass is 285 g/mol. The van der Waals surface area contributed by atoms with Gasteiger partial charge in [-0.25, -0.2) is 0 Å². The maximum atomic E-state index is 11.9. The van der Waals surface area contributed by atoms with Gasteiger partial charge < -0.3 is 5.73 Å². The molecule has 0 aliphatic heterocycles. The minimum atomic E-state index is -0.584. The fraction of sp³-hybridized carbons (Fsp3) is 0. The van der Waals surface area contributed by atoms with E-state index in [1.54, 1.807) is 42.5 Å². The number of hydrogen-bond acceptors (Lipinski definition) is 2. The highest BCUT2D eigenvalue weighted by Gasteiger charge is 2.07. The molecule has 2 N–H and O–H groups in total. The fourth-order valence-electron chi connectivity index (χ4n) is 1.75. The molecule has 3 nitrogen and oxygen atoms in total. The Hall–Kier alpha value is -2.39. The number of amides is 1. The number of ketones is 1. The first-order chi connectivity index (χ1) is 9.58. The number of benzene rings is 2. The Labute approximate surface area is 121 Å². The van der Waals surface area contributed by atoms with Crippen LogP contribution in [0, 0.1) is 0 Å². The first-order valence-corrected chi connectivity index (χ1v) is 6.32. The largest absolute Gasteiger partial charge is 0.366 e. The molecule has 0 heterocycles. The second-order valence-electron chi connectivity index (χ2n) is 4.16. The number of hydrogen-bond donors (Lipinski definition) is 1. The quantitative estimate of drug-likeness (QED) is 0.692. The molecule has 100 valence electrons. The summed E-state index contributed by atoms with van der Waals surface area (Å²) in [7, 11) is 0. The SMILES string of the molecule is NC(=O)c1cc(Cl)ccc1/C=C/C(=O)c1ccccc1. The van der Waals surface area contributed by atoms with Gasteiger partial charge in [-0.05, 0) is 23.8 Å². The van der Waals surface area contributed by atoms with Crippen LogP contribution in [0.3, 0.4) is 0 Å². The van der Waals surface area contributed by atoms with Gasteiger partial charge in [0.25, 0.3) is 0 Å². The zero-order valence-corrected chi connectivity index (χ0v) is 11.3. The van der Waals surface area contributed by atoms with Crippen LogP contribution in [-0.2, 0) is 0 Å². The van der Waals surface area contributed by atoms with E-state index in [4.69, 9.17) is 17.3 Å². The maximum Gasteiger partial charge on any atom is 0.249 e. The van der Waals surface area contributed by atoms with E-state index in [-0.39, 0.29) is 11.3 Å². The van der Waals surface area contributed by atoms with Crippen LogP contribution in [0.2, 0.25) is 5.02 Å². The fourth-order valence-corrected chi connectivity index (χ4v) is 1.92. The molecule has 0 aliphatic rings. The molecular formula is C16H12ClNO2. The normalized spacial score (nSPS) is 10.7. The smallest absolute Gasteiger partial charge is 0.249 e. The lowest BCUT2D eigenvalue weighted by Crippen LogP contribution is -2.12. The van der Waals surface area contributed by atoms with E-state index < -0.39 is 5.91 Å². The highest BCUT2D eigenvalue weighted by atomic mass is 35.5. The zero-order valence-electron chi connectivity index (χ0n) is 10.5. The van der Waals surface area contributed by atoms with Gasteiger partial charge in [0.05, 0.1) is 0 Å². The molecule has 2 aromatic carbocycles. The molecule has 0 saturated heterocycles. The topological polar surface area (TPSA) is 60.2 Å². The molecule has 0 aliphatic carbocycles. The van der Waals surface area contributed by atoms with Crippen LogP contribution in [0.1, 0.15) is 26.3 Å². The van der Waals surface area contributed by atoms with Gasteiger partial charge in [-0.2, -0.15) is 0 Å². The molecule has 0 bridgehead atoms. The molecule has 4 heteroatoms. The van der Waals surface area contributed by atoms with Crippen molar-refractivity contribution in [2.75, 3.05) is 0 Å². The minimum absolute atomic E-state index is 0.143. The summed E-state index contributed by atoms with van der Waals surface area (Å²) in [6.07, 6.45) is 2.97. The van der Waals surface area contributed by atoms with Crippen molar-refractivity contribution in [1.82, 2.24) is 0 Å². The third-order valence-corrected chi connectivity index (χ3v) is 2.99. The van der Waals surface area contributed by atoms with E-state index in [1.165, 1.54) is 12.1 Å². The average molecular weight is 286 g/mol. The summed E-state index contributed by atoms with van der Waals surface area (Å²) in [5.74, 6) is -0.727. The van der Waals surface area contributed by atoms with E-state index in [0.29, 0.717) is 16.1 Å². The van der Waals surface area contributed by atoms with Crippen molar-refractivity contribution in [2.24, 2.45) is 5.73 Å². The van der Waals surface area contributed by atoms with Crippen molar-refractivity contribution in [2.45, 2.75) is 0 Å². The van der Waals surface area contributed by atoms with Gasteiger partial charge in [0.1, 0.15) is 0 Å². The van der Waals surface area contributed by atoms with Gasteiger partial charge in [-0.3, -0.25) is 9.59 Å². The van der Waals surface area contributed by atoms with Crippen molar-refractivity contribution in [1.29, 1.82) is 0 Å². The lowest BCUT2D eigenvalue weighted by molar-refractivity contribution is 0.0998. The summed E-state index contributed by atoms with van der Waals surface area (Å²) in [5, 5.41) is 0.422. The summed E-state index contributed by atoms with van der Waals surface area (Å²) in [5.41, 5.74) is 6.71. The number of carbonyl (C=O) groups excluding carboxylic acids is 2. The zero-order chi connectivity index (χ0) is 14.5. The summed E-state index contributed by atoms with van der Waals surface area (Å²) in [4.78, 5) is 23.3. The Kier molecular flexibility index (Phi) is 4.33. The highest BCUT2D eigenvalue weighted by molar-refractivity contribution is 6.31. The van der Waals surface area contributed by atoms with Gasteiger partial charge in [0, 0.05) is 16.1 Å². The molecule has 0 atom stereocenters. The third-order valence-electron chi connectivity index (χ3n) is 2.75. The highest BCUT2D eigenvalue weighted by Crippen LogP contribution is 2.17. The lowest BCUT2D eigenvalue weighted by Gasteiger charge is -2.02. The van der Waals surface area contributed by atoms with Crippen LogP contribution in [0.4, 0.5) is 0 Å². The van der Waals surface area contributed by atoms with Crippen molar-refractivity contribution in [3.05, 3.63) is 76.3 Å². The molecular weight excluding hydrogens is 274 g/mol. The predicted octanol–water partition coefficient (Wildman–Crippen LogP) is 3.34. The van der Waals surface area contributed by atoms with Gasteiger partial charge in [0.15, 0.2) is 5.78 Å². The summed E-state index contributed by atoms with van der Waals surface area (Å²) in [6.45, 7) is 0. The second kappa shape index (κ2) is 6.17. The van der Waals surface area contributed by atoms with Crippen molar-refractivity contribution in [3.8, 4) is 0 Å². The lowest BCUT2D eigenvalue weighted by atomic mass is 10.0. The number of rotatable bonds is 4. The summed E-state index contributed by atoms with van der Waals surface area (Å²) < 4.78 is 0. The number of allylic oxidation sites excluding steroid dienone is 1. The van der Waals surface area contributed by atoms with Crippen LogP contribution < -0.4 is 5.73 Å². The van der Waals surface area contributed by atoms with Gasteiger partial charge in [0.2, 0.25) is 5.91 Å². The Morgan fingerprint density at radius 3 is 2.40 bits per heavy atom. The Morgan fingerprint density at radius 2 is 1.75 bits per heavy atom. The van der Waals surface area contributed by atoms with Crippen LogP contribution in [0.5, 0.6) is 0 Å². The van der Waals surface area contributed by atoms with E-state index in [0.717, 1.165) is 0 Å². The van der Waals surface area contributed by atoms with E-state index in [9.17, 15) is 9.59 Å². The van der Waals surface area contributed by atoms with Crippen LogP contribution >= 0.6 is 11.6 Å². The maximum absolute atomic E-state index is 11.9. The van der Waals surface area contributed by atoms with Crippen molar-refractivity contribution in [3.63, 3.8) is 0 Å². The van der Waals surface area contributed by atoms with Crippen LogP contribution in [0.15, 0.2) is 54.6 Å². The number of carbonyl (C=O) groups is 2. The Morgan fingerprint density at radius 1 is 1.05 bits per heavy atom. The molecule has 0 aromatic heterocycles. The van der Waals surface area contributed by atoms with Crippen molar-refractivity contribution < 1.29 is 9.59 Å². The Bertz CT molecular complexity index is 678. The average Bonchev–Trinajstić information content (AvgIpc) is 2.46. The molecule has 0 fully saturated rings. The molecule has 0 radical (unpaired) electrons. The predicted molar refractivity (Wildman–Crippen MR) is 79.8 cm³/mol. The first kappa shape index (κ1) is 14.0. The van der Waals surface area contributed by atoms with E-state index in [2.05, 4.69) is 0 Å². The van der Waals surface area contributed by atoms with E-state index in [1.807, 2.05) is 6.07 Å². The first-order valence-electron chi connectivity index (χ1n) is 5.95. The molecule has 0 unspecified atom stereocenters. The number of nitrogens with two attached hydrogens (primary N) is 1. The molecule has 1 amide bonds. The van der Waals surface area contributed by atoms with Gasteiger partial charge in [-0.1, -0.05) is 54.1 Å². The Balaban J connectivity index is 2.28. The number of primary amides is 1. The minimum Gasteiger partial charge on any atom is -0.366 e. The number of halogens is 1. The summed E-state index contributed by atoms with van der Waals surface area (Å²) >= 11 is 5.82. The molecule has 2 aromatic rings. The van der Waals surface area contributed by atoms with Gasteiger partial charge in [-0.15, -0.1) is 0 Å². The molecule has 0 spiro atoms.